The van der Waals surface area contributed by atoms with Gasteiger partial charge in [0.25, 0.3) is 0 Å². The summed E-state index contributed by atoms with van der Waals surface area (Å²) in [7, 11) is 3.56. The third kappa shape index (κ3) is 3.50. The fraction of sp³-hybridized carbons (Fsp3) is 0.357. The van der Waals surface area contributed by atoms with Gasteiger partial charge in [0.15, 0.2) is 11.5 Å². The Kier molecular flexibility index (Phi) is 4.85. The fourth-order valence-electron chi connectivity index (χ4n) is 1.86. The average Bonchev–Trinajstić information content (AvgIpc) is 2.84. The standard InChI is InChI=1S/C14H17BrN2O2/c1-17-10-11(9-16-17)6-7-19-14-12(8-15)4-3-5-13(14)18-2/h3-5,9-10H,6-8H2,1-2H3. The van der Waals surface area contributed by atoms with Gasteiger partial charge < -0.3 is 9.47 Å². The lowest BCUT2D eigenvalue weighted by Crippen LogP contribution is -2.04. The maximum Gasteiger partial charge on any atom is 0.165 e. The SMILES string of the molecule is COc1cccc(CBr)c1OCCc1cnn(C)c1. The molecule has 5 heteroatoms. The van der Waals surface area contributed by atoms with Crippen LogP contribution in [0.1, 0.15) is 11.1 Å². The molecule has 0 aliphatic heterocycles. The molecule has 0 aliphatic rings. The first kappa shape index (κ1) is 13.9. The van der Waals surface area contributed by atoms with E-state index in [-0.39, 0.29) is 0 Å². The van der Waals surface area contributed by atoms with Crippen molar-refractivity contribution in [3.05, 3.63) is 41.7 Å². The molecule has 102 valence electrons. The quantitative estimate of drug-likeness (QED) is 0.766. The Hall–Kier alpha value is -1.49. The molecule has 1 heterocycles. The summed E-state index contributed by atoms with van der Waals surface area (Å²) in [6.07, 6.45) is 4.68. The van der Waals surface area contributed by atoms with Crippen LogP contribution in [0.25, 0.3) is 0 Å². The molecule has 0 N–H and O–H groups in total. The molecule has 0 radical (unpaired) electrons. The van der Waals surface area contributed by atoms with E-state index in [0.29, 0.717) is 6.61 Å². The number of rotatable bonds is 6. The average molecular weight is 325 g/mol. The lowest BCUT2D eigenvalue weighted by atomic mass is 10.2. The number of methoxy groups -OCH3 is 1. The summed E-state index contributed by atoms with van der Waals surface area (Å²) in [6, 6.07) is 5.89. The van der Waals surface area contributed by atoms with Crippen LogP contribution in [-0.2, 0) is 18.8 Å². The molecule has 0 fully saturated rings. The fourth-order valence-corrected chi connectivity index (χ4v) is 2.30. The third-order valence-electron chi connectivity index (χ3n) is 2.82. The molecule has 2 aromatic rings. The van der Waals surface area contributed by atoms with Crippen molar-refractivity contribution in [3.8, 4) is 11.5 Å². The first-order valence-corrected chi connectivity index (χ1v) is 7.19. The Labute approximate surface area is 121 Å². The maximum absolute atomic E-state index is 5.87. The first-order valence-electron chi connectivity index (χ1n) is 6.06. The summed E-state index contributed by atoms with van der Waals surface area (Å²) >= 11 is 3.46. The van der Waals surface area contributed by atoms with Crippen molar-refractivity contribution in [1.82, 2.24) is 9.78 Å². The lowest BCUT2D eigenvalue weighted by Gasteiger charge is -2.13. The van der Waals surface area contributed by atoms with Crippen LogP contribution >= 0.6 is 15.9 Å². The zero-order valence-corrected chi connectivity index (χ0v) is 12.7. The van der Waals surface area contributed by atoms with E-state index in [1.807, 2.05) is 37.6 Å². The summed E-state index contributed by atoms with van der Waals surface area (Å²) in [5, 5.41) is 4.88. The second kappa shape index (κ2) is 6.61. The van der Waals surface area contributed by atoms with Crippen molar-refractivity contribution >= 4 is 15.9 Å². The molecule has 19 heavy (non-hydrogen) atoms. The summed E-state index contributed by atoms with van der Waals surface area (Å²) in [5.41, 5.74) is 2.25. The van der Waals surface area contributed by atoms with E-state index >= 15 is 0 Å². The van der Waals surface area contributed by atoms with Crippen LogP contribution in [0.3, 0.4) is 0 Å². The van der Waals surface area contributed by atoms with E-state index in [9.17, 15) is 0 Å². The van der Waals surface area contributed by atoms with Gasteiger partial charge in [0.2, 0.25) is 0 Å². The number of hydrogen-bond donors (Lipinski definition) is 0. The van der Waals surface area contributed by atoms with Crippen LogP contribution in [0.4, 0.5) is 0 Å². The Bertz CT molecular complexity index is 518. The van der Waals surface area contributed by atoms with Gasteiger partial charge in [0.05, 0.1) is 19.9 Å². The number of nitrogens with zero attached hydrogens (tertiary/aromatic N) is 2. The number of ether oxygens (including phenoxy) is 2. The summed E-state index contributed by atoms with van der Waals surface area (Å²) in [4.78, 5) is 0. The van der Waals surface area contributed by atoms with Crippen molar-refractivity contribution < 1.29 is 9.47 Å². The van der Waals surface area contributed by atoms with Gasteiger partial charge in [0, 0.05) is 30.6 Å². The third-order valence-corrected chi connectivity index (χ3v) is 3.42. The van der Waals surface area contributed by atoms with E-state index in [1.165, 1.54) is 0 Å². The highest BCUT2D eigenvalue weighted by Crippen LogP contribution is 2.32. The molecular weight excluding hydrogens is 308 g/mol. The minimum absolute atomic E-state index is 0.603. The number of benzene rings is 1. The molecule has 0 atom stereocenters. The van der Waals surface area contributed by atoms with Crippen LogP contribution in [-0.4, -0.2) is 23.5 Å². The second-order valence-electron chi connectivity index (χ2n) is 4.20. The topological polar surface area (TPSA) is 36.3 Å². The number of aromatic nitrogens is 2. The van der Waals surface area contributed by atoms with Crippen molar-refractivity contribution in [2.24, 2.45) is 7.05 Å². The van der Waals surface area contributed by atoms with Gasteiger partial charge in [-0.05, 0) is 11.6 Å². The Balaban J connectivity index is 2.02. The van der Waals surface area contributed by atoms with Gasteiger partial charge in [-0.1, -0.05) is 28.1 Å². The molecule has 2 rings (SSSR count). The number of para-hydroxylation sites is 1. The highest BCUT2D eigenvalue weighted by Gasteiger charge is 2.09. The highest BCUT2D eigenvalue weighted by molar-refractivity contribution is 9.08. The number of aryl methyl sites for hydroxylation is 1. The molecule has 4 nitrogen and oxygen atoms in total. The first-order chi connectivity index (χ1) is 9.24. The van der Waals surface area contributed by atoms with Gasteiger partial charge in [-0.15, -0.1) is 0 Å². The van der Waals surface area contributed by atoms with Crippen LogP contribution in [0.15, 0.2) is 30.6 Å². The normalized spacial score (nSPS) is 10.5. The van der Waals surface area contributed by atoms with Gasteiger partial charge in [-0.2, -0.15) is 5.10 Å². The minimum Gasteiger partial charge on any atom is -0.493 e. The van der Waals surface area contributed by atoms with Crippen LogP contribution in [0.5, 0.6) is 11.5 Å². The van der Waals surface area contributed by atoms with Gasteiger partial charge in [-0.25, -0.2) is 0 Å². The molecule has 0 spiro atoms. The number of halogens is 1. The zero-order chi connectivity index (χ0) is 13.7. The largest absolute Gasteiger partial charge is 0.493 e. The molecular formula is C14H17BrN2O2. The summed E-state index contributed by atoms with van der Waals surface area (Å²) in [6.45, 7) is 0.603. The Morgan fingerprint density at radius 3 is 2.84 bits per heavy atom. The van der Waals surface area contributed by atoms with E-state index in [1.54, 1.807) is 11.8 Å². The predicted octanol–water partition coefficient (Wildman–Crippen LogP) is 2.95. The van der Waals surface area contributed by atoms with Gasteiger partial charge in [-0.3, -0.25) is 4.68 Å². The maximum atomic E-state index is 5.87. The zero-order valence-electron chi connectivity index (χ0n) is 11.1. The van der Waals surface area contributed by atoms with E-state index in [2.05, 4.69) is 21.0 Å². The summed E-state index contributed by atoms with van der Waals surface area (Å²) in [5.74, 6) is 1.58. The lowest BCUT2D eigenvalue weighted by molar-refractivity contribution is 0.295. The highest BCUT2D eigenvalue weighted by atomic mass is 79.9. The monoisotopic (exact) mass is 324 g/mol. The smallest absolute Gasteiger partial charge is 0.165 e. The Morgan fingerprint density at radius 1 is 1.37 bits per heavy atom. The minimum atomic E-state index is 0.603. The molecule has 1 aromatic carbocycles. The molecule has 0 bridgehead atoms. The van der Waals surface area contributed by atoms with Crippen molar-refractivity contribution in [2.75, 3.05) is 13.7 Å². The number of hydrogen-bond acceptors (Lipinski definition) is 3. The van der Waals surface area contributed by atoms with E-state index in [4.69, 9.17) is 9.47 Å². The van der Waals surface area contributed by atoms with Crippen molar-refractivity contribution in [2.45, 2.75) is 11.8 Å². The van der Waals surface area contributed by atoms with Crippen LogP contribution < -0.4 is 9.47 Å². The van der Waals surface area contributed by atoms with E-state index in [0.717, 1.165) is 34.4 Å². The number of alkyl halides is 1. The molecule has 0 aliphatic carbocycles. The molecule has 0 saturated carbocycles. The predicted molar refractivity (Wildman–Crippen MR) is 78.0 cm³/mol. The molecule has 0 saturated heterocycles. The Morgan fingerprint density at radius 2 is 2.21 bits per heavy atom. The van der Waals surface area contributed by atoms with Crippen molar-refractivity contribution in [1.29, 1.82) is 0 Å². The molecule has 0 amide bonds. The van der Waals surface area contributed by atoms with E-state index < -0.39 is 0 Å². The van der Waals surface area contributed by atoms with Crippen molar-refractivity contribution in [3.63, 3.8) is 0 Å². The van der Waals surface area contributed by atoms with Gasteiger partial charge in [0.1, 0.15) is 0 Å². The van der Waals surface area contributed by atoms with Gasteiger partial charge >= 0.3 is 0 Å². The van der Waals surface area contributed by atoms with Crippen LogP contribution in [0, 0.1) is 0 Å². The second-order valence-corrected chi connectivity index (χ2v) is 4.76. The molecule has 1 aromatic heterocycles. The van der Waals surface area contributed by atoms with Crippen LogP contribution in [0.2, 0.25) is 0 Å². The molecule has 0 unspecified atom stereocenters. The summed E-state index contributed by atoms with van der Waals surface area (Å²) < 4.78 is 13.0.